The highest BCUT2D eigenvalue weighted by atomic mass is 35.5. The molecule has 1 spiro atoms. The van der Waals surface area contributed by atoms with Gasteiger partial charge in [-0.3, -0.25) is 28.8 Å². The summed E-state index contributed by atoms with van der Waals surface area (Å²) in [6.07, 6.45) is 2.73. The summed E-state index contributed by atoms with van der Waals surface area (Å²) in [5.41, 5.74) is -0.524. The Hall–Kier alpha value is -4.30. The molecule has 15 heteroatoms. The van der Waals surface area contributed by atoms with Crippen LogP contribution in [-0.4, -0.2) is 93.7 Å². The highest BCUT2D eigenvalue weighted by Crippen LogP contribution is 2.40. The Balaban J connectivity index is 1.23. The van der Waals surface area contributed by atoms with Gasteiger partial charge in [0.15, 0.2) is 5.60 Å². The second-order valence-corrected chi connectivity index (χ2v) is 17.2. The SMILES string of the molecule is CCC[C@H](NC(=O)[C@@H]1C[C@]2(CC(c3cccc(Cl)c3)=NO2)CN1C(=O)[C@@H](NC(=O)C1CC(=O)N(Cc2cccs2)C1)C(C)(C)C)C(=O)C(=O)NC1CC1. The molecule has 0 radical (unpaired) electrons. The Bertz CT molecular complexity index is 1790. The Labute approximate surface area is 318 Å². The Morgan fingerprint density at radius 2 is 1.87 bits per heavy atom. The predicted molar refractivity (Wildman–Crippen MR) is 199 cm³/mol. The van der Waals surface area contributed by atoms with E-state index in [2.05, 4.69) is 21.1 Å². The van der Waals surface area contributed by atoms with Crippen molar-refractivity contribution < 1.29 is 33.6 Å². The number of benzene rings is 1. The van der Waals surface area contributed by atoms with Crippen LogP contribution in [0.4, 0.5) is 0 Å². The van der Waals surface area contributed by atoms with Crippen molar-refractivity contribution in [1.29, 1.82) is 0 Å². The summed E-state index contributed by atoms with van der Waals surface area (Å²) >= 11 is 7.79. The van der Waals surface area contributed by atoms with Crippen LogP contribution in [0.25, 0.3) is 0 Å². The molecule has 3 aliphatic heterocycles. The van der Waals surface area contributed by atoms with Gasteiger partial charge in [-0.25, -0.2) is 0 Å². The normalized spacial score (nSPS) is 23.7. The van der Waals surface area contributed by atoms with Crippen molar-refractivity contribution in [3.05, 3.63) is 57.2 Å². The molecule has 1 saturated carbocycles. The molecule has 0 bridgehead atoms. The number of likely N-dealkylation sites (tertiary alicyclic amines) is 2. The number of ketones is 1. The third-order valence-electron chi connectivity index (χ3n) is 10.2. The summed E-state index contributed by atoms with van der Waals surface area (Å²) in [4.78, 5) is 91.7. The van der Waals surface area contributed by atoms with Crippen molar-refractivity contribution in [2.45, 2.75) is 109 Å². The fraction of sp³-hybridized carbons (Fsp3) is 0.553. The second kappa shape index (κ2) is 15.6. The molecule has 4 aliphatic rings. The van der Waals surface area contributed by atoms with Crippen molar-refractivity contribution in [1.82, 2.24) is 25.8 Å². The van der Waals surface area contributed by atoms with Crippen LogP contribution in [0.3, 0.4) is 0 Å². The lowest BCUT2D eigenvalue weighted by Gasteiger charge is -2.36. The van der Waals surface area contributed by atoms with Gasteiger partial charge in [0.05, 0.1) is 30.8 Å². The van der Waals surface area contributed by atoms with E-state index in [-0.39, 0.29) is 50.7 Å². The quantitative estimate of drug-likeness (QED) is 0.262. The van der Waals surface area contributed by atoms with Gasteiger partial charge in [-0.2, -0.15) is 0 Å². The van der Waals surface area contributed by atoms with Crippen LogP contribution < -0.4 is 16.0 Å². The zero-order valence-electron chi connectivity index (χ0n) is 30.5. The lowest BCUT2D eigenvalue weighted by molar-refractivity contribution is -0.145. The maximum Gasteiger partial charge on any atom is 0.289 e. The molecule has 4 heterocycles. The number of carbonyl (C=O) groups is 6. The molecule has 2 saturated heterocycles. The number of nitrogens with one attached hydrogen (secondary N) is 3. The number of hydrogen-bond donors (Lipinski definition) is 3. The summed E-state index contributed by atoms with van der Waals surface area (Å²) in [6, 6.07) is 7.71. The van der Waals surface area contributed by atoms with Gasteiger partial charge in [0.25, 0.3) is 5.91 Å². The first kappa shape index (κ1) is 38.4. The van der Waals surface area contributed by atoms with Gasteiger partial charge >= 0.3 is 0 Å². The van der Waals surface area contributed by atoms with E-state index in [0.29, 0.717) is 23.7 Å². The van der Waals surface area contributed by atoms with Crippen molar-refractivity contribution in [3.8, 4) is 0 Å². The first-order valence-electron chi connectivity index (χ1n) is 18.2. The van der Waals surface area contributed by atoms with Crippen LogP contribution in [-0.2, 0) is 40.1 Å². The molecular weight excluding hydrogens is 720 g/mol. The van der Waals surface area contributed by atoms with E-state index in [9.17, 15) is 28.8 Å². The molecule has 1 aromatic carbocycles. The molecule has 6 rings (SSSR count). The van der Waals surface area contributed by atoms with E-state index in [0.717, 1.165) is 23.3 Å². The highest BCUT2D eigenvalue weighted by molar-refractivity contribution is 7.09. The first-order chi connectivity index (χ1) is 25.2. The molecule has 5 atom stereocenters. The molecule has 5 amide bonds. The molecular formula is C38H47ClN6O7S. The lowest BCUT2D eigenvalue weighted by atomic mass is 9.85. The summed E-state index contributed by atoms with van der Waals surface area (Å²) in [6.45, 7) is 7.93. The number of amides is 5. The number of Topliss-reactive ketones (excluding diaryl/α,β-unsaturated/α-hetero) is 1. The van der Waals surface area contributed by atoms with Crippen LogP contribution in [0, 0.1) is 11.3 Å². The number of nitrogens with zero attached hydrogens (tertiary/aromatic N) is 3. The molecule has 3 fully saturated rings. The molecule has 13 nitrogen and oxygen atoms in total. The van der Waals surface area contributed by atoms with Gasteiger partial charge in [0, 0.05) is 47.3 Å². The zero-order valence-corrected chi connectivity index (χ0v) is 32.1. The monoisotopic (exact) mass is 766 g/mol. The number of thiophene rings is 1. The largest absolute Gasteiger partial charge is 0.387 e. The van der Waals surface area contributed by atoms with Crippen molar-refractivity contribution in [3.63, 3.8) is 0 Å². The predicted octanol–water partition coefficient (Wildman–Crippen LogP) is 3.58. The number of oxime groups is 1. The second-order valence-electron chi connectivity index (χ2n) is 15.7. The standard InChI is InChI=1S/C38H47ClN6O7S/c1-5-8-27(31(47)35(50)40-25-12-13-25)41-34(49)29-18-38(17-28(43-52-38)22-9-6-10-24(39)15-22)21-45(29)36(51)32(37(2,3)4)42-33(48)23-16-30(46)44(19-23)20-26-11-7-14-53-26/h6-7,9-11,14-15,23,25,27,29,32H,5,8,12-13,16-21H2,1-4H3,(H,40,50)(H,41,49)(H,42,48)/t23?,27-,29-,32+,38+/m0/s1. The molecule has 1 aromatic heterocycles. The number of rotatable bonds is 13. The minimum absolute atomic E-state index is 0.0228. The summed E-state index contributed by atoms with van der Waals surface area (Å²) < 4.78 is 0. The van der Waals surface area contributed by atoms with Crippen LogP contribution in [0.5, 0.6) is 0 Å². The minimum Gasteiger partial charge on any atom is -0.387 e. The van der Waals surface area contributed by atoms with Crippen LogP contribution in [0.2, 0.25) is 5.02 Å². The summed E-state index contributed by atoms with van der Waals surface area (Å²) in [5, 5.41) is 15.2. The molecule has 284 valence electrons. The minimum atomic E-state index is -1.11. The molecule has 3 N–H and O–H groups in total. The van der Waals surface area contributed by atoms with E-state index in [1.165, 1.54) is 16.2 Å². The maximum atomic E-state index is 14.7. The van der Waals surface area contributed by atoms with E-state index in [4.69, 9.17) is 16.4 Å². The fourth-order valence-corrected chi connectivity index (χ4v) is 8.10. The molecule has 1 aliphatic carbocycles. The lowest BCUT2D eigenvalue weighted by Crippen LogP contribution is -2.59. The van der Waals surface area contributed by atoms with Crippen LogP contribution in [0.1, 0.15) is 83.1 Å². The van der Waals surface area contributed by atoms with Gasteiger partial charge in [0.1, 0.15) is 12.1 Å². The average molecular weight is 767 g/mol. The van der Waals surface area contributed by atoms with E-state index < -0.39 is 64.5 Å². The fourth-order valence-electron chi connectivity index (χ4n) is 7.19. The van der Waals surface area contributed by atoms with Crippen LogP contribution >= 0.6 is 22.9 Å². The highest BCUT2D eigenvalue weighted by Gasteiger charge is 2.56. The summed E-state index contributed by atoms with van der Waals surface area (Å²) in [7, 11) is 0. The summed E-state index contributed by atoms with van der Waals surface area (Å²) in [5.74, 6) is -3.80. The number of halogens is 1. The third kappa shape index (κ3) is 8.92. The van der Waals surface area contributed by atoms with E-state index >= 15 is 0 Å². The molecule has 1 unspecified atom stereocenters. The topological polar surface area (TPSA) is 167 Å². The van der Waals surface area contributed by atoms with Gasteiger partial charge < -0.3 is 30.6 Å². The zero-order chi connectivity index (χ0) is 38.1. The van der Waals surface area contributed by atoms with E-state index in [1.54, 1.807) is 23.1 Å². The van der Waals surface area contributed by atoms with Gasteiger partial charge in [0.2, 0.25) is 29.4 Å². The van der Waals surface area contributed by atoms with Gasteiger partial charge in [-0.05, 0) is 48.3 Å². The van der Waals surface area contributed by atoms with Crippen LogP contribution in [0.15, 0.2) is 46.9 Å². The number of carbonyl (C=O) groups excluding carboxylic acids is 6. The van der Waals surface area contributed by atoms with Crippen molar-refractivity contribution in [2.75, 3.05) is 13.1 Å². The van der Waals surface area contributed by atoms with Crippen molar-refractivity contribution in [2.24, 2.45) is 16.5 Å². The van der Waals surface area contributed by atoms with Gasteiger partial charge in [-0.1, -0.05) is 69.1 Å². The van der Waals surface area contributed by atoms with Gasteiger partial charge in [-0.15, -0.1) is 11.3 Å². The average Bonchev–Trinajstić information content (AvgIpc) is 3.46. The first-order valence-corrected chi connectivity index (χ1v) is 19.5. The number of hydrogen-bond acceptors (Lipinski definition) is 9. The third-order valence-corrected chi connectivity index (χ3v) is 11.3. The Morgan fingerprint density at radius 3 is 2.53 bits per heavy atom. The maximum absolute atomic E-state index is 14.7. The molecule has 53 heavy (non-hydrogen) atoms. The Kier molecular flexibility index (Phi) is 11.3. The molecule has 2 aromatic rings. The van der Waals surface area contributed by atoms with Crippen molar-refractivity contribution >= 4 is 64.0 Å². The smallest absolute Gasteiger partial charge is 0.289 e. The van der Waals surface area contributed by atoms with E-state index in [1.807, 2.05) is 51.3 Å². The Morgan fingerprint density at radius 1 is 1.09 bits per heavy atom.